The molecule has 1 atom stereocenters. The van der Waals surface area contributed by atoms with Gasteiger partial charge in [-0.3, -0.25) is 9.59 Å². The zero-order valence-corrected chi connectivity index (χ0v) is 7.83. The molecule has 0 spiro atoms. The van der Waals surface area contributed by atoms with Crippen molar-refractivity contribution in [3.8, 4) is 0 Å². The number of carboxylic acids is 1. The molecule has 7 heteroatoms. The number of hydrogen-bond donors (Lipinski definition) is 3. The molecule has 0 aliphatic rings. The van der Waals surface area contributed by atoms with Crippen molar-refractivity contribution in [1.29, 1.82) is 0 Å². The van der Waals surface area contributed by atoms with E-state index in [0.717, 1.165) is 0 Å². The average molecular weight is 203 g/mol. The van der Waals surface area contributed by atoms with Crippen LogP contribution in [-0.2, 0) is 14.4 Å². The van der Waals surface area contributed by atoms with Gasteiger partial charge in [0.15, 0.2) is 6.54 Å². The minimum atomic E-state index is -1.37. The standard InChI is InChI=1S/C7H13N3O4/c1-4(7(13)14)10-6(12)3-9-5(11)2-8/h4H,2-3,8H2,1H3,(H,9,11)(H,10,12)(H,13,14)/t4-/m1/s1. The maximum absolute atomic E-state index is 10.9. The van der Waals surface area contributed by atoms with Gasteiger partial charge in [-0.05, 0) is 6.92 Å². The molecule has 0 aliphatic carbocycles. The van der Waals surface area contributed by atoms with Gasteiger partial charge in [-0.15, -0.1) is 0 Å². The predicted molar refractivity (Wildman–Crippen MR) is 43.4 cm³/mol. The van der Waals surface area contributed by atoms with Gasteiger partial charge in [-0.1, -0.05) is 0 Å². The van der Waals surface area contributed by atoms with Crippen LogP contribution in [0.5, 0.6) is 0 Å². The highest BCUT2D eigenvalue weighted by atomic mass is 16.4. The van der Waals surface area contributed by atoms with Crippen LogP contribution in [0.2, 0.25) is 0 Å². The van der Waals surface area contributed by atoms with E-state index in [9.17, 15) is 19.5 Å². The Hall–Kier alpha value is -1.63. The van der Waals surface area contributed by atoms with Gasteiger partial charge in [0.1, 0.15) is 0 Å². The molecule has 0 aromatic rings. The average Bonchev–Trinajstić information content (AvgIpc) is 2.13. The molecule has 0 saturated heterocycles. The van der Waals surface area contributed by atoms with E-state index in [4.69, 9.17) is 0 Å². The molecule has 0 aliphatic heterocycles. The Morgan fingerprint density at radius 2 is 1.93 bits per heavy atom. The summed E-state index contributed by atoms with van der Waals surface area (Å²) in [7, 11) is 0. The van der Waals surface area contributed by atoms with Gasteiger partial charge in [-0.25, -0.2) is 0 Å². The second-order valence-corrected chi connectivity index (χ2v) is 2.63. The Morgan fingerprint density at radius 3 is 2.36 bits per heavy atom. The molecule has 0 aromatic heterocycles. The Labute approximate surface area is 80.6 Å². The summed E-state index contributed by atoms with van der Waals surface area (Å²) in [4.78, 5) is 31.8. The number of nitrogens with one attached hydrogen (secondary N) is 2. The van der Waals surface area contributed by atoms with Crippen molar-refractivity contribution >= 4 is 17.8 Å². The van der Waals surface area contributed by atoms with E-state index in [0.29, 0.717) is 0 Å². The normalized spacial score (nSPS) is 11.6. The van der Waals surface area contributed by atoms with Crippen LogP contribution >= 0.6 is 0 Å². The van der Waals surface area contributed by atoms with Gasteiger partial charge in [0.05, 0.1) is 18.6 Å². The van der Waals surface area contributed by atoms with Crippen molar-refractivity contribution in [1.82, 2.24) is 10.6 Å². The number of carbonyl (C=O) groups excluding carboxylic acids is 3. The van der Waals surface area contributed by atoms with Crippen molar-refractivity contribution in [2.24, 2.45) is 0 Å². The minimum absolute atomic E-state index is 0.0311. The molecule has 0 aromatic carbocycles. The summed E-state index contributed by atoms with van der Waals surface area (Å²) in [5.74, 6) is -2.33. The number of carboxylic acid groups (broad SMARTS) is 1. The third-order valence-electron chi connectivity index (χ3n) is 1.40. The SMILES string of the molecule is C[C@@H](NC(=O)CNC(=O)C[NH3+])C(=O)[O-]. The summed E-state index contributed by atoms with van der Waals surface area (Å²) in [6.07, 6.45) is 0. The maximum atomic E-state index is 10.9. The summed E-state index contributed by atoms with van der Waals surface area (Å²) in [5.41, 5.74) is 3.30. The van der Waals surface area contributed by atoms with Crippen LogP contribution in [0.3, 0.4) is 0 Å². The number of rotatable bonds is 5. The number of carbonyl (C=O) groups is 3. The van der Waals surface area contributed by atoms with E-state index in [2.05, 4.69) is 16.4 Å². The van der Waals surface area contributed by atoms with Gasteiger partial charge in [0.2, 0.25) is 5.91 Å². The second kappa shape index (κ2) is 5.92. The molecule has 14 heavy (non-hydrogen) atoms. The largest absolute Gasteiger partial charge is 0.548 e. The smallest absolute Gasteiger partial charge is 0.275 e. The first kappa shape index (κ1) is 12.4. The molecule has 80 valence electrons. The fourth-order valence-electron chi connectivity index (χ4n) is 0.619. The van der Waals surface area contributed by atoms with Crippen molar-refractivity contribution in [2.45, 2.75) is 13.0 Å². The van der Waals surface area contributed by atoms with E-state index in [1.54, 1.807) is 0 Å². The molecule has 2 amide bonds. The topological polar surface area (TPSA) is 126 Å². The number of aliphatic carboxylic acids is 1. The second-order valence-electron chi connectivity index (χ2n) is 2.63. The van der Waals surface area contributed by atoms with Gasteiger partial charge in [0, 0.05) is 0 Å². The molecule has 0 unspecified atom stereocenters. The molecule has 0 radical (unpaired) electrons. The maximum Gasteiger partial charge on any atom is 0.275 e. The first-order valence-electron chi connectivity index (χ1n) is 4.03. The lowest BCUT2D eigenvalue weighted by Crippen LogP contribution is -2.58. The van der Waals surface area contributed by atoms with Gasteiger partial charge in [-0.2, -0.15) is 0 Å². The van der Waals surface area contributed by atoms with Crippen molar-refractivity contribution in [2.75, 3.05) is 13.1 Å². The molecular weight excluding hydrogens is 190 g/mol. The van der Waals surface area contributed by atoms with Crippen LogP contribution in [0.25, 0.3) is 0 Å². The zero-order valence-electron chi connectivity index (χ0n) is 7.83. The quantitative estimate of drug-likeness (QED) is 0.417. The first-order valence-corrected chi connectivity index (χ1v) is 4.03. The van der Waals surface area contributed by atoms with Gasteiger partial charge >= 0.3 is 0 Å². The Morgan fingerprint density at radius 1 is 1.36 bits per heavy atom. The summed E-state index contributed by atoms with van der Waals surface area (Å²) in [5, 5.41) is 14.6. The summed E-state index contributed by atoms with van der Waals surface area (Å²) < 4.78 is 0. The van der Waals surface area contributed by atoms with Gasteiger partial charge < -0.3 is 26.3 Å². The van der Waals surface area contributed by atoms with Crippen molar-refractivity contribution in [3.63, 3.8) is 0 Å². The fraction of sp³-hybridized carbons (Fsp3) is 0.571. The third kappa shape index (κ3) is 5.09. The molecule has 7 nitrogen and oxygen atoms in total. The van der Waals surface area contributed by atoms with Crippen LogP contribution < -0.4 is 21.5 Å². The van der Waals surface area contributed by atoms with Crippen LogP contribution in [0, 0.1) is 0 Å². The summed E-state index contributed by atoms with van der Waals surface area (Å²) in [6.45, 7) is 1.05. The summed E-state index contributed by atoms with van der Waals surface area (Å²) >= 11 is 0. The fourth-order valence-corrected chi connectivity index (χ4v) is 0.619. The highest BCUT2D eigenvalue weighted by molar-refractivity contribution is 5.87. The lowest BCUT2D eigenvalue weighted by molar-refractivity contribution is -0.355. The van der Waals surface area contributed by atoms with E-state index < -0.39 is 17.9 Å². The number of amides is 2. The zero-order chi connectivity index (χ0) is 11.1. The van der Waals surface area contributed by atoms with E-state index in [1.807, 2.05) is 0 Å². The minimum Gasteiger partial charge on any atom is -0.548 e. The molecule has 0 fully saturated rings. The molecule has 0 bridgehead atoms. The van der Waals surface area contributed by atoms with E-state index in [1.165, 1.54) is 6.92 Å². The molecular formula is C7H13N3O4. The molecule has 0 saturated carbocycles. The van der Waals surface area contributed by atoms with E-state index in [-0.39, 0.29) is 19.0 Å². The van der Waals surface area contributed by atoms with Crippen LogP contribution in [-0.4, -0.2) is 36.9 Å². The molecule has 5 N–H and O–H groups in total. The van der Waals surface area contributed by atoms with E-state index >= 15 is 0 Å². The van der Waals surface area contributed by atoms with Gasteiger partial charge in [0.25, 0.3) is 5.91 Å². The highest BCUT2D eigenvalue weighted by Gasteiger charge is 2.08. The third-order valence-corrected chi connectivity index (χ3v) is 1.40. The number of hydrogen-bond acceptors (Lipinski definition) is 4. The van der Waals surface area contributed by atoms with Crippen molar-refractivity contribution in [3.05, 3.63) is 0 Å². The predicted octanol–water partition coefficient (Wildman–Crippen LogP) is -4.40. The van der Waals surface area contributed by atoms with Crippen molar-refractivity contribution < 1.29 is 25.2 Å². The molecule has 0 rings (SSSR count). The monoisotopic (exact) mass is 203 g/mol. The number of quaternary nitrogens is 1. The van der Waals surface area contributed by atoms with Crippen LogP contribution in [0.4, 0.5) is 0 Å². The van der Waals surface area contributed by atoms with Crippen LogP contribution in [0.15, 0.2) is 0 Å². The summed E-state index contributed by atoms with van der Waals surface area (Å²) in [6, 6.07) is -1.07. The Bertz CT molecular complexity index is 241. The lowest BCUT2D eigenvalue weighted by atomic mass is 10.3. The first-order chi connectivity index (χ1) is 6.47. The highest BCUT2D eigenvalue weighted by Crippen LogP contribution is 1.77. The lowest BCUT2D eigenvalue weighted by Gasteiger charge is -2.14. The Balaban J connectivity index is 3.76. The molecule has 0 heterocycles. The van der Waals surface area contributed by atoms with Crippen LogP contribution in [0.1, 0.15) is 6.92 Å². The Kier molecular flexibility index (Phi) is 5.23.